The SMILES string of the molecule is CCC(=O)c1sc(NC2CCNCC2)c(S(C)(=O)=O)c1N. The summed E-state index contributed by atoms with van der Waals surface area (Å²) in [6.45, 7) is 3.53. The molecule has 1 aliphatic rings. The van der Waals surface area contributed by atoms with Gasteiger partial charge < -0.3 is 16.4 Å². The Kier molecular flexibility index (Phi) is 4.90. The molecule has 0 radical (unpaired) electrons. The maximum Gasteiger partial charge on any atom is 0.180 e. The summed E-state index contributed by atoms with van der Waals surface area (Å²) in [6, 6.07) is 0.203. The molecular weight excluding hydrogens is 310 g/mol. The number of anilines is 2. The van der Waals surface area contributed by atoms with Gasteiger partial charge in [-0.2, -0.15) is 0 Å². The van der Waals surface area contributed by atoms with Crippen molar-refractivity contribution in [3.63, 3.8) is 0 Å². The lowest BCUT2D eigenvalue weighted by Gasteiger charge is -2.24. The molecule has 6 nitrogen and oxygen atoms in total. The molecule has 2 heterocycles. The summed E-state index contributed by atoms with van der Waals surface area (Å²) in [5.74, 6) is -0.124. The molecule has 4 N–H and O–H groups in total. The van der Waals surface area contributed by atoms with Gasteiger partial charge in [0.05, 0.1) is 10.6 Å². The van der Waals surface area contributed by atoms with Crippen LogP contribution in [0.2, 0.25) is 0 Å². The van der Waals surface area contributed by atoms with Gasteiger partial charge in [-0.05, 0) is 25.9 Å². The van der Waals surface area contributed by atoms with Crippen molar-refractivity contribution in [1.82, 2.24) is 5.32 Å². The van der Waals surface area contributed by atoms with Crippen molar-refractivity contribution >= 4 is 37.6 Å². The molecule has 0 aromatic carbocycles. The molecule has 1 aromatic rings. The lowest BCUT2D eigenvalue weighted by atomic mass is 10.1. The third kappa shape index (κ3) is 3.56. The van der Waals surface area contributed by atoms with Gasteiger partial charge >= 0.3 is 0 Å². The van der Waals surface area contributed by atoms with E-state index < -0.39 is 9.84 Å². The number of sulfone groups is 1. The molecule has 0 aliphatic carbocycles. The number of hydrogen-bond acceptors (Lipinski definition) is 7. The molecule has 0 spiro atoms. The molecule has 21 heavy (non-hydrogen) atoms. The minimum Gasteiger partial charge on any atom is -0.396 e. The second-order valence-corrected chi connectivity index (χ2v) is 8.19. The Labute approximate surface area is 129 Å². The van der Waals surface area contributed by atoms with Crippen molar-refractivity contribution in [2.24, 2.45) is 0 Å². The van der Waals surface area contributed by atoms with Gasteiger partial charge in [0.2, 0.25) is 0 Å². The normalized spacial score (nSPS) is 16.9. The van der Waals surface area contributed by atoms with Crippen LogP contribution >= 0.6 is 11.3 Å². The predicted octanol–water partition coefficient (Wildman–Crippen LogP) is 1.49. The van der Waals surface area contributed by atoms with E-state index >= 15 is 0 Å². The third-order valence-corrected chi connectivity index (χ3v) is 5.99. The number of carbonyl (C=O) groups is 1. The smallest absolute Gasteiger partial charge is 0.180 e. The van der Waals surface area contributed by atoms with Gasteiger partial charge in [0.1, 0.15) is 9.90 Å². The molecule has 0 bridgehead atoms. The first kappa shape index (κ1) is 16.3. The average Bonchev–Trinajstić information content (AvgIpc) is 2.75. The number of nitrogens with two attached hydrogens (primary N) is 1. The van der Waals surface area contributed by atoms with Crippen molar-refractivity contribution < 1.29 is 13.2 Å². The zero-order chi connectivity index (χ0) is 15.6. The maximum atomic E-state index is 12.0. The highest BCUT2D eigenvalue weighted by Gasteiger charge is 2.27. The average molecular weight is 331 g/mol. The molecule has 0 atom stereocenters. The first-order valence-corrected chi connectivity index (χ1v) is 9.68. The van der Waals surface area contributed by atoms with Crippen LogP contribution in [-0.2, 0) is 9.84 Å². The molecule has 1 saturated heterocycles. The molecule has 0 unspecified atom stereocenters. The standard InChI is InChI=1S/C13H21N3O3S2/c1-3-9(17)11-10(14)12(21(2,18)19)13(20-11)16-8-4-6-15-7-5-8/h8,15-16H,3-7,14H2,1-2H3. The van der Waals surface area contributed by atoms with Gasteiger partial charge in [0, 0.05) is 18.7 Å². The van der Waals surface area contributed by atoms with Crippen molar-refractivity contribution in [2.45, 2.75) is 37.1 Å². The fraction of sp³-hybridized carbons (Fsp3) is 0.615. The summed E-state index contributed by atoms with van der Waals surface area (Å²) < 4.78 is 24.0. The van der Waals surface area contributed by atoms with Gasteiger partial charge in [0.25, 0.3) is 0 Å². The molecule has 118 valence electrons. The molecule has 8 heteroatoms. The topological polar surface area (TPSA) is 101 Å². The van der Waals surface area contributed by atoms with E-state index in [4.69, 9.17) is 5.73 Å². The number of nitrogens with one attached hydrogen (secondary N) is 2. The molecular formula is C13H21N3O3S2. The summed E-state index contributed by atoms with van der Waals surface area (Å²) in [5.41, 5.74) is 6.02. The Morgan fingerprint density at radius 3 is 2.57 bits per heavy atom. The molecule has 0 amide bonds. The first-order valence-electron chi connectivity index (χ1n) is 6.97. The van der Waals surface area contributed by atoms with Crippen LogP contribution in [0.25, 0.3) is 0 Å². The zero-order valence-corrected chi connectivity index (χ0v) is 13.9. The van der Waals surface area contributed by atoms with Crippen LogP contribution in [0.1, 0.15) is 35.9 Å². The highest BCUT2D eigenvalue weighted by atomic mass is 32.2. The van der Waals surface area contributed by atoms with Crippen LogP contribution in [-0.4, -0.2) is 39.6 Å². The number of rotatable bonds is 5. The summed E-state index contributed by atoms with van der Waals surface area (Å²) >= 11 is 1.15. The number of hydrogen-bond donors (Lipinski definition) is 3. The number of Topliss-reactive ketones (excluding diaryl/α,β-unsaturated/α-hetero) is 1. The van der Waals surface area contributed by atoms with Crippen molar-refractivity contribution in [3.8, 4) is 0 Å². The van der Waals surface area contributed by atoms with Crippen molar-refractivity contribution in [2.75, 3.05) is 30.4 Å². The number of carbonyl (C=O) groups excluding carboxylic acids is 1. The van der Waals surface area contributed by atoms with Gasteiger partial charge in [-0.25, -0.2) is 8.42 Å². The number of piperidine rings is 1. The van der Waals surface area contributed by atoms with Crippen LogP contribution < -0.4 is 16.4 Å². The fourth-order valence-corrected chi connectivity index (χ4v) is 5.05. The Hall–Kier alpha value is -1.12. The van der Waals surface area contributed by atoms with Gasteiger partial charge in [-0.1, -0.05) is 6.92 Å². The van der Waals surface area contributed by atoms with Crippen LogP contribution in [0.3, 0.4) is 0 Å². The highest BCUT2D eigenvalue weighted by molar-refractivity contribution is 7.91. The zero-order valence-electron chi connectivity index (χ0n) is 12.2. The Morgan fingerprint density at radius 2 is 2.05 bits per heavy atom. The van der Waals surface area contributed by atoms with E-state index in [1.165, 1.54) is 0 Å². The Bertz CT molecular complexity index is 631. The fourth-order valence-electron chi connectivity index (χ4n) is 2.41. The van der Waals surface area contributed by atoms with E-state index in [1.807, 2.05) is 0 Å². The van der Waals surface area contributed by atoms with E-state index in [0.29, 0.717) is 16.3 Å². The summed E-state index contributed by atoms with van der Waals surface area (Å²) in [5, 5.41) is 7.02. The maximum absolute atomic E-state index is 12.0. The van der Waals surface area contributed by atoms with Gasteiger partial charge in [-0.3, -0.25) is 4.79 Å². The molecule has 0 saturated carbocycles. The lowest BCUT2D eigenvalue weighted by molar-refractivity contribution is 0.0992. The molecule has 2 rings (SSSR count). The van der Waals surface area contributed by atoms with Crippen LogP contribution in [0, 0.1) is 0 Å². The number of ketones is 1. The van der Waals surface area contributed by atoms with Crippen LogP contribution in [0.15, 0.2) is 4.90 Å². The van der Waals surface area contributed by atoms with E-state index in [2.05, 4.69) is 10.6 Å². The van der Waals surface area contributed by atoms with E-state index in [0.717, 1.165) is 43.5 Å². The highest BCUT2D eigenvalue weighted by Crippen LogP contribution is 2.40. The molecule has 1 aromatic heterocycles. The summed E-state index contributed by atoms with van der Waals surface area (Å²) in [4.78, 5) is 12.3. The van der Waals surface area contributed by atoms with Gasteiger partial charge in [0.15, 0.2) is 15.6 Å². The molecule has 1 aliphatic heterocycles. The van der Waals surface area contributed by atoms with E-state index in [1.54, 1.807) is 6.92 Å². The number of thiophene rings is 1. The minimum atomic E-state index is -3.48. The van der Waals surface area contributed by atoms with Crippen LogP contribution in [0.5, 0.6) is 0 Å². The third-order valence-electron chi connectivity index (χ3n) is 3.52. The largest absolute Gasteiger partial charge is 0.396 e. The Balaban J connectivity index is 2.40. The summed E-state index contributed by atoms with van der Waals surface area (Å²) in [6.07, 6.45) is 3.26. The second-order valence-electron chi connectivity index (χ2n) is 5.22. The molecule has 1 fully saturated rings. The lowest BCUT2D eigenvalue weighted by Crippen LogP contribution is -2.35. The van der Waals surface area contributed by atoms with Crippen LogP contribution in [0.4, 0.5) is 10.7 Å². The van der Waals surface area contributed by atoms with E-state index in [-0.39, 0.29) is 22.4 Å². The van der Waals surface area contributed by atoms with Crippen molar-refractivity contribution in [1.29, 1.82) is 0 Å². The Morgan fingerprint density at radius 1 is 1.43 bits per heavy atom. The van der Waals surface area contributed by atoms with Gasteiger partial charge in [-0.15, -0.1) is 11.3 Å². The monoisotopic (exact) mass is 331 g/mol. The first-order chi connectivity index (χ1) is 9.84. The number of nitrogen functional groups attached to an aromatic ring is 1. The van der Waals surface area contributed by atoms with E-state index in [9.17, 15) is 13.2 Å². The second kappa shape index (κ2) is 6.33. The minimum absolute atomic E-state index is 0.0721. The summed E-state index contributed by atoms with van der Waals surface area (Å²) in [7, 11) is -3.48. The van der Waals surface area contributed by atoms with Crippen molar-refractivity contribution in [3.05, 3.63) is 4.88 Å². The predicted molar refractivity (Wildman–Crippen MR) is 86.0 cm³/mol. The quantitative estimate of drug-likeness (QED) is 0.707.